The van der Waals surface area contributed by atoms with Crippen LogP contribution in [-0.2, 0) is 0 Å². The molecule has 1 aliphatic rings. The van der Waals surface area contributed by atoms with Crippen molar-refractivity contribution < 1.29 is 4.39 Å². The highest BCUT2D eigenvalue weighted by Gasteiger charge is 2.23. The van der Waals surface area contributed by atoms with E-state index >= 15 is 0 Å². The molecule has 128 valence electrons. The minimum atomic E-state index is -0.208. The third-order valence-electron chi connectivity index (χ3n) is 5.01. The Kier molecular flexibility index (Phi) is 4.36. The van der Waals surface area contributed by atoms with Crippen molar-refractivity contribution in [3.63, 3.8) is 0 Å². The van der Waals surface area contributed by atoms with E-state index in [-0.39, 0.29) is 5.82 Å². The van der Waals surface area contributed by atoms with Gasteiger partial charge in [-0.2, -0.15) is 0 Å². The highest BCUT2D eigenvalue weighted by molar-refractivity contribution is 5.81. The smallest absolute Gasteiger partial charge is 0.123 e. The maximum atomic E-state index is 13.3. The Balaban J connectivity index is 1.83. The fourth-order valence-corrected chi connectivity index (χ4v) is 3.79. The first-order valence-electron chi connectivity index (χ1n) is 8.83. The molecule has 0 radical (unpaired) electrons. The van der Waals surface area contributed by atoms with Crippen molar-refractivity contribution in [2.45, 2.75) is 31.8 Å². The molecule has 1 saturated heterocycles. The van der Waals surface area contributed by atoms with Crippen LogP contribution in [0.15, 0.2) is 61.1 Å². The summed E-state index contributed by atoms with van der Waals surface area (Å²) in [6.45, 7) is 3.27. The molecule has 3 heterocycles. The zero-order valence-corrected chi connectivity index (χ0v) is 14.3. The zero-order valence-electron chi connectivity index (χ0n) is 14.3. The van der Waals surface area contributed by atoms with Gasteiger partial charge in [0, 0.05) is 41.8 Å². The average Bonchev–Trinajstić information content (AvgIpc) is 3.08. The molecule has 3 nitrogen and oxygen atoms in total. The summed E-state index contributed by atoms with van der Waals surface area (Å²) in [6, 6.07) is 14.0. The van der Waals surface area contributed by atoms with Crippen molar-refractivity contribution in [3.05, 3.63) is 66.9 Å². The zero-order chi connectivity index (χ0) is 17.2. The molecule has 3 aromatic rings. The van der Waals surface area contributed by atoms with Crippen molar-refractivity contribution in [3.8, 4) is 22.4 Å². The van der Waals surface area contributed by atoms with Crippen molar-refractivity contribution in [2.24, 2.45) is 0 Å². The molecule has 0 aliphatic carbocycles. The first-order valence-corrected chi connectivity index (χ1v) is 8.83. The molecule has 4 rings (SSSR count). The molecule has 0 spiro atoms. The van der Waals surface area contributed by atoms with Gasteiger partial charge in [-0.05, 0) is 62.2 Å². The van der Waals surface area contributed by atoms with Crippen LogP contribution in [0.3, 0.4) is 0 Å². The van der Waals surface area contributed by atoms with Gasteiger partial charge in [-0.25, -0.2) is 4.39 Å². The molecule has 1 aliphatic heterocycles. The Bertz CT molecular complexity index is 839. The Morgan fingerprint density at radius 3 is 2.52 bits per heavy atom. The lowest BCUT2D eigenvalue weighted by Crippen LogP contribution is -2.36. The highest BCUT2D eigenvalue weighted by Crippen LogP contribution is 2.37. The molecule has 0 saturated carbocycles. The van der Waals surface area contributed by atoms with Gasteiger partial charge < -0.3 is 9.88 Å². The third kappa shape index (κ3) is 3.22. The van der Waals surface area contributed by atoms with E-state index in [0.717, 1.165) is 36.1 Å². The van der Waals surface area contributed by atoms with E-state index in [4.69, 9.17) is 0 Å². The first-order chi connectivity index (χ1) is 12.2. The number of halogens is 1. The van der Waals surface area contributed by atoms with E-state index in [9.17, 15) is 4.39 Å². The van der Waals surface area contributed by atoms with E-state index in [2.05, 4.69) is 34.1 Å². The molecular weight excluding hydrogens is 313 g/mol. The Hall–Kier alpha value is -2.46. The van der Waals surface area contributed by atoms with Crippen LogP contribution in [0.2, 0.25) is 0 Å². The standard InChI is InChI=1S/C21H22FN3/c1-15-14-19(8-12-24-15)25-13-9-20(16-2-4-18(22)5-3-16)21(25)17-6-10-23-11-7-17/h2-7,9-11,13,15,19,24H,8,12,14H2,1H3. The predicted molar refractivity (Wildman–Crippen MR) is 98.8 cm³/mol. The van der Waals surface area contributed by atoms with E-state index in [1.54, 1.807) is 0 Å². The van der Waals surface area contributed by atoms with Crippen LogP contribution in [0.5, 0.6) is 0 Å². The van der Waals surface area contributed by atoms with Gasteiger partial charge in [0.15, 0.2) is 0 Å². The summed E-state index contributed by atoms with van der Waals surface area (Å²) in [6.07, 6.45) is 8.05. The van der Waals surface area contributed by atoms with Crippen LogP contribution in [0.1, 0.15) is 25.8 Å². The van der Waals surface area contributed by atoms with Crippen LogP contribution in [0.25, 0.3) is 22.4 Å². The summed E-state index contributed by atoms with van der Waals surface area (Å²) in [5.41, 5.74) is 4.50. The van der Waals surface area contributed by atoms with Crippen LogP contribution in [0, 0.1) is 5.82 Å². The molecule has 1 fully saturated rings. The topological polar surface area (TPSA) is 29.9 Å². The lowest BCUT2D eigenvalue weighted by Gasteiger charge is -2.31. The maximum absolute atomic E-state index is 13.3. The predicted octanol–water partition coefficient (Wildman–Crippen LogP) is 4.67. The van der Waals surface area contributed by atoms with Gasteiger partial charge in [-0.1, -0.05) is 12.1 Å². The first kappa shape index (κ1) is 16.0. The minimum absolute atomic E-state index is 0.208. The van der Waals surface area contributed by atoms with Crippen molar-refractivity contribution in [1.82, 2.24) is 14.9 Å². The second-order valence-corrected chi connectivity index (χ2v) is 6.76. The van der Waals surface area contributed by atoms with Crippen LogP contribution in [-0.4, -0.2) is 22.1 Å². The molecule has 4 heteroatoms. The Morgan fingerprint density at radius 2 is 1.80 bits per heavy atom. The summed E-state index contributed by atoms with van der Waals surface area (Å²) >= 11 is 0. The molecule has 1 N–H and O–H groups in total. The normalized spacial score (nSPS) is 20.6. The van der Waals surface area contributed by atoms with Crippen LogP contribution >= 0.6 is 0 Å². The molecule has 1 aromatic carbocycles. The second kappa shape index (κ2) is 6.81. The molecule has 25 heavy (non-hydrogen) atoms. The minimum Gasteiger partial charge on any atom is -0.344 e. The number of nitrogens with zero attached hydrogens (tertiary/aromatic N) is 2. The number of hydrogen-bond donors (Lipinski definition) is 1. The fraction of sp³-hybridized carbons (Fsp3) is 0.286. The lowest BCUT2D eigenvalue weighted by atomic mass is 9.98. The summed E-state index contributed by atoms with van der Waals surface area (Å²) in [5.74, 6) is -0.208. The van der Waals surface area contributed by atoms with Crippen molar-refractivity contribution in [1.29, 1.82) is 0 Å². The maximum Gasteiger partial charge on any atom is 0.123 e. The third-order valence-corrected chi connectivity index (χ3v) is 5.01. The van der Waals surface area contributed by atoms with Gasteiger partial charge in [0.1, 0.15) is 5.82 Å². The number of piperidine rings is 1. The summed E-state index contributed by atoms with van der Waals surface area (Å²) in [7, 11) is 0. The number of benzene rings is 1. The van der Waals surface area contributed by atoms with E-state index in [1.807, 2.05) is 36.7 Å². The lowest BCUT2D eigenvalue weighted by molar-refractivity contribution is 0.316. The number of nitrogens with one attached hydrogen (secondary N) is 1. The van der Waals surface area contributed by atoms with E-state index in [1.165, 1.54) is 17.8 Å². The van der Waals surface area contributed by atoms with E-state index < -0.39 is 0 Å². The van der Waals surface area contributed by atoms with Crippen LogP contribution < -0.4 is 5.32 Å². The molecule has 0 bridgehead atoms. The second-order valence-electron chi connectivity index (χ2n) is 6.76. The number of rotatable bonds is 3. The van der Waals surface area contributed by atoms with Gasteiger partial charge >= 0.3 is 0 Å². The van der Waals surface area contributed by atoms with Crippen molar-refractivity contribution in [2.75, 3.05) is 6.54 Å². The number of pyridine rings is 1. The fourth-order valence-electron chi connectivity index (χ4n) is 3.79. The van der Waals surface area contributed by atoms with Gasteiger partial charge in [0.25, 0.3) is 0 Å². The van der Waals surface area contributed by atoms with Gasteiger partial charge in [-0.15, -0.1) is 0 Å². The van der Waals surface area contributed by atoms with Crippen molar-refractivity contribution >= 4 is 0 Å². The summed E-state index contributed by atoms with van der Waals surface area (Å²) < 4.78 is 15.7. The molecule has 0 amide bonds. The van der Waals surface area contributed by atoms with Gasteiger partial charge in [0.2, 0.25) is 0 Å². The largest absolute Gasteiger partial charge is 0.344 e. The molecule has 2 aromatic heterocycles. The van der Waals surface area contributed by atoms with Gasteiger partial charge in [0.05, 0.1) is 5.69 Å². The summed E-state index contributed by atoms with van der Waals surface area (Å²) in [4.78, 5) is 4.15. The highest BCUT2D eigenvalue weighted by atomic mass is 19.1. The average molecular weight is 335 g/mol. The van der Waals surface area contributed by atoms with Crippen LogP contribution in [0.4, 0.5) is 4.39 Å². The SMILES string of the molecule is CC1CC(n2ccc(-c3ccc(F)cc3)c2-c2ccncc2)CCN1. The number of hydrogen-bond acceptors (Lipinski definition) is 2. The Morgan fingerprint density at radius 1 is 1.04 bits per heavy atom. The molecule has 2 unspecified atom stereocenters. The molecule has 2 atom stereocenters. The van der Waals surface area contributed by atoms with E-state index in [0.29, 0.717) is 12.1 Å². The summed E-state index contributed by atoms with van der Waals surface area (Å²) in [5, 5.41) is 3.52. The Labute approximate surface area is 147 Å². The van der Waals surface area contributed by atoms with Gasteiger partial charge in [-0.3, -0.25) is 4.98 Å². The quantitative estimate of drug-likeness (QED) is 0.754. The number of aromatic nitrogens is 2. The monoisotopic (exact) mass is 335 g/mol. The molecular formula is C21H22FN3.